The molecule has 0 amide bonds. The van der Waals surface area contributed by atoms with Crippen molar-refractivity contribution >= 4 is 107 Å². The van der Waals surface area contributed by atoms with Gasteiger partial charge < -0.3 is 66.3 Å². The predicted octanol–water partition coefficient (Wildman–Crippen LogP) is 2.18. The molecule has 2 aliphatic rings. The summed E-state index contributed by atoms with van der Waals surface area (Å²) < 4.78 is 101. The van der Waals surface area contributed by atoms with E-state index in [0.717, 1.165) is 43.8 Å². The van der Waals surface area contributed by atoms with Crippen molar-refractivity contribution < 1.29 is 59.0 Å². The van der Waals surface area contributed by atoms with Gasteiger partial charge in [-0.1, -0.05) is 97.1 Å². The first-order valence-corrected chi connectivity index (χ1v) is 18.9. The molecule has 0 spiro atoms. The first kappa shape index (κ1) is 44.8. The van der Waals surface area contributed by atoms with E-state index in [4.69, 9.17) is 93.1 Å². The van der Waals surface area contributed by atoms with Gasteiger partial charge in [0.15, 0.2) is 0 Å². The second-order valence-corrected chi connectivity index (χ2v) is 12.1. The minimum absolute atomic E-state index is 0. The fourth-order valence-corrected chi connectivity index (χ4v) is 5.46. The van der Waals surface area contributed by atoms with Crippen molar-refractivity contribution in [2.45, 2.75) is 0 Å². The molecule has 0 fully saturated rings. The Kier molecular flexibility index (Phi) is 16.1. The van der Waals surface area contributed by atoms with Gasteiger partial charge in [-0.3, -0.25) is 16.8 Å². The molecule has 0 unspecified atom stereocenters. The van der Waals surface area contributed by atoms with Crippen LogP contribution in [0.25, 0.3) is 89.7 Å². The van der Waals surface area contributed by atoms with E-state index in [1.807, 2.05) is 97.1 Å². The van der Waals surface area contributed by atoms with Crippen LogP contribution < -0.4 is 9.97 Å². The molecule has 0 aliphatic carbocycles. The van der Waals surface area contributed by atoms with Gasteiger partial charge in [-0.05, 0) is 21.5 Å². The van der Waals surface area contributed by atoms with Crippen molar-refractivity contribution in [2.75, 3.05) is 0 Å². The minimum atomic E-state index is -3.11. The molecule has 0 N–H and O–H groups in total. The molecule has 8 bridgehead atoms. The van der Waals surface area contributed by atoms with Crippen LogP contribution in [0.2, 0.25) is 0 Å². The zero-order valence-electron chi connectivity index (χ0n) is 31.9. The third kappa shape index (κ3) is 11.6. The first-order valence-electron chi connectivity index (χ1n) is 14.9. The summed E-state index contributed by atoms with van der Waals surface area (Å²) in [6.07, 6.45) is 0. The van der Waals surface area contributed by atoms with Crippen LogP contribution in [0.1, 0.15) is 5.71 Å². The monoisotopic (exact) mass is 863 g/mol. The zero-order chi connectivity index (χ0) is 40.5. The minimum Gasteiger partial charge on any atom is -0.784 e. The SMILES string of the molecule is O=S([O-])[O-].O=S([O-])[O-].O=S([O-])[O-].O=S([O-])[O-].[Al+3].[H+].[H+].[H+].[H+].c1ccc2c(c1)-c1nc-2nc2[n-]c(nc3nc(nc4[n-]c(n1)c1ccccc41)-c1ccccc1-3)c1ccccc21. The molecule has 25 heteroatoms. The van der Waals surface area contributed by atoms with Crippen LogP contribution in [0.4, 0.5) is 0 Å². The van der Waals surface area contributed by atoms with Crippen LogP contribution in [-0.2, 0) is 45.4 Å². The van der Waals surface area contributed by atoms with Gasteiger partial charge in [0.25, 0.3) is 0 Å². The van der Waals surface area contributed by atoms with E-state index in [1.54, 1.807) is 0 Å². The number of aromatic nitrogens is 8. The molecule has 0 radical (unpaired) electrons. The smallest absolute Gasteiger partial charge is 0.784 e. The number of hydrogen-bond donors (Lipinski definition) is 0. The third-order valence-corrected chi connectivity index (χ3v) is 7.33. The van der Waals surface area contributed by atoms with Crippen molar-refractivity contribution in [1.29, 1.82) is 0 Å². The van der Waals surface area contributed by atoms with Gasteiger partial charge in [0, 0.05) is 44.8 Å². The molecule has 290 valence electrons. The van der Waals surface area contributed by atoms with Crippen molar-refractivity contribution in [1.82, 2.24) is 39.9 Å². The second-order valence-electron chi connectivity index (χ2n) is 10.5. The van der Waals surface area contributed by atoms with Gasteiger partial charge in [-0.25, -0.2) is 9.97 Å². The maximum Gasteiger partial charge on any atom is 3.00 e. The van der Waals surface area contributed by atoms with Crippen LogP contribution in [0, 0.1) is 0 Å². The molecule has 0 saturated carbocycles. The molecule has 3 aromatic heterocycles. The van der Waals surface area contributed by atoms with Gasteiger partial charge in [0.1, 0.15) is 0 Å². The zero-order valence-corrected chi connectivity index (χ0v) is 32.3. The number of hydrogen-bond acceptors (Lipinski definition) is 18. The Balaban J connectivity index is 0.00000150. The molecular weight excluding hydrogens is 844 g/mol. The van der Waals surface area contributed by atoms with E-state index in [9.17, 15) is 0 Å². The van der Waals surface area contributed by atoms with E-state index in [-0.39, 0.29) is 23.1 Å². The molecule has 0 atom stereocenters. The van der Waals surface area contributed by atoms with Crippen LogP contribution in [0.3, 0.4) is 0 Å². The summed E-state index contributed by atoms with van der Waals surface area (Å²) in [5, 5.41) is 3.57. The summed E-state index contributed by atoms with van der Waals surface area (Å²) >= 11 is -12.4. The average molecular weight is 864 g/mol. The topological polar surface area (TPSA) is 358 Å². The van der Waals surface area contributed by atoms with Crippen molar-refractivity contribution in [3.8, 4) is 45.6 Å². The van der Waals surface area contributed by atoms with Crippen molar-refractivity contribution in [3.63, 3.8) is 0 Å². The number of nitrogens with zero attached hydrogens (tertiary/aromatic N) is 8. The van der Waals surface area contributed by atoms with Gasteiger partial charge in [0.05, 0.1) is 23.3 Å². The van der Waals surface area contributed by atoms with E-state index >= 15 is 0 Å². The standard InChI is InChI=1S/C32H16N8.Al.4H2O3S/c1-2-10-18-17(9-1)25-33-26(18)38-28-21-13-5-6-14-22(21)30(35-28)40-32-24-16-8-7-15-23(24)31(36-32)39-29-20-12-4-3-11-19(20)27(34-29)37-25;;4*1-4(2)3/h1-16H;;4*(H2,1,2,3)/q-2;+3;;;;/p-4. The maximum absolute atomic E-state index is 8.44. The molecule has 0 saturated heterocycles. The number of benzene rings is 4. The maximum atomic E-state index is 8.44. The van der Waals surface area contributed by atoms with E-state index in [2.05, 4.69) is 0 Å². The van der Waals surface area contributed by atoms with Gasteiger partial charge in [-0.15, -0.1) is 45.4 Å². The first-order chi connectivity index (χ1) is 26.7. The number of fused-ring (bicyclic) bond motifs is 20. The summed E-state index contributed by atoms with van der Waals surface area (Å²) in [6, 6.07) is 31.8. The number of rotatable bonds is 0. The van der Waals surface area contributed by atoms with Gasteiger partial charge in [-0.2, -0.15) is 0 Å². The average Bonchev–Trinajstić information content (AvgIpc) is 3.87. The Morgan fingerprint density at radius 1 is 0.351 bits per heavy atom. The molecule has 5 heterocycles. The van der Waals surface area contributed by atoms with Crippen molar-refractivity contribution in [2.24, 2.45) is 0 Å². The van der Waals surface area contributed by atoms with E-state index in [0.29, 0.717) is 45.9 Å². The molecule has 9 rings (SSSR count). The van der Waals surface area contributed by atoms with Gasteiger partial charge in [0.2, 0.25) is 0 Å². The molecule has 57 heavy (non-hydrogen) atoms. The summed E-state index contributed by atoms with van der Waals surface area (Å²) in [5.74, 6) is 2.21. The Bertz CT molecular complexity index is 2470. The largest absolute Gasteiger partial charge is 3.00 e. The van der Waals surface area contributed by atoms with Gasteiger partial charge >= 0.3 is 23.1 Å². The Hall–Kier alpha value is -4.95. The Morgan fingerprint density at radius 3 is 0.719 bits per heavy atom. The third-order valence-electron chi connectivity index (χ3n) is 7.33. The molecule has 2 aliphatic heterocycles. The molecule has 4 aromatic carbocycles. The predicted molar refractivity (Wildman–Crippen MR) is 203 cm³/mol. The molecular formula is C32H20AlN8O12S4-3. The fourth-order valence-electron chi connectivity index (χ4n) is 5.46. The fraction of sp³-hybridized carbons (Fsp3) is 0. The van der Waals surface area contributed by atoms with Crippen LogP contribution in [0.5, 0.6) is 0 Å². The van der Waals surface area contributed by atoms with Crippen molar-refractivity contribution in [3.05, 3.63) is 97.1 Å². The Labute approximate surface area is 346 Å². The normalized spacial score (nSPS) is 10.9. The second kappa shape index (κ2) is 20.5. The van der Waals surface area contributed by atoms with Crippen LogP contribution in [-0.4, -0.2) is 101 Å². The summed E-state index contributed by atoms with van der Waals surface area (Å²) in [5.41, 5.74) is 5.78. The summed E-state index contributed by atoms with van der Waals surface area (Å²) in [4.78, 5) is 39.3. The summed E-state index contributed by atoms with van der Waals surface area (Å²) in [6.45, 7) is 0. The Morgan fingerprint density at radius 2 is 0.526 bits per heavy atom. The quantitative estimate of drug-likeness (QED) is 0.156. The van der Waals surface area contributed by atoms with E-state index < -0.39 is 45.4 Å². The summed E-state index contributed by atoms with van der Waals surface area (Å²) in [7, 11) is 0. The molecule has 7 aromatic rings. The molecule has 20 nitrogen and oxygen atoms in total. The van der Waals surface area contributed by atoms with Crippen LogP contribution >= 0.6 is 0 Å². The van der Waals surface area contributed by atoms with E-state index in [1.165, 1.54) is 0 Å². The van der Waals surface area contributed by atoms with Crippen LogP contribution in [0.15, 0.2) is 97.1 Å².